The van der Waals surface area contributed by atoms with Crippen molar-refractivity contribution in [3.63, 3.8) is 0 Å². The lowest BCUT2D eigenvalue weighted by molar-refractivity contribution is 0.297. The van der Waals surface area contributed by atoms with Crippen molar-refractivity contribution >= 4 is 0 Å². The van der Waals surface area contributed by atoms with Crippen LogP contribution in [0.1, 0.15) is 18.3 Å². The van der Waals surface area contributed by atoms with Crippen LogP contribution in [0, 0.1) is 6.92 Å². The fourth-order valence-electron chi connectivity index (χ4n) is 1.23. The van der Waals surface area contributed by atoms with E-state index < -0.39 is 18.1 Å². The highest BCUT2D eigenvalue weighted by atomic mass is 16.4. The second-order valence-corrected chi connectivity index (χ2v) is 3.00. The van der Waals surface area contributed by atoms with E-state index in [1.165, 1.54) is 0 Å². The van der Waals surface area contributed by atoms with Gasteiger partial charge in [-0.2, -0.15) is 0 Å². The maximum absolute atomic E-state index is 8.92. The first-order valence-electron chi connectivity index (χ1n) is 7.03. The first-order chi connectivity index (χ1) is 9.38. The van der Waals surface area contributed by atoms with Gasteiger partial charge in [-0.15, -0.1) is 0 Å². The Labute approximate surface area is 95.4 Å². The van der Waals surface area contributed by atoms with Gasteiger partial charge in [-0.25, -0.2) is 4.98 Å². The van der Waals surface area contributed by atoms with Gasteiger partial charge in [0, 0.05) is 18.6 Å². The third kappa shape index (κ3) is 2.07. The molecule has 0 unspecified atom stereocenters. The zero-order chi connectivity index (χ0) is 15.0. The zero-order valence-corrected chi connectivity index (χ0v) is 8.22. The lowest BCUT2D eigenvalue weighted by atomic mass is 10.2. The zero-order valence-electron chi connectivity index (χ0n) is 13.2. The molecule has 2 rings (SSSR count). The van der Waals surface area contributed by atoms with Gasteiger partial charge in [0.2, 0.25) is 5.89 Å². The molecule has 78 valence electrons. The largest absolute Gasteiger partial charge is 0.441 e. The molecule has 3 heteroatoms. The normalized spacial score (nSPS) is 15.2. The van der Waals surface area contributed by atoms with Crippen molar-refractivity contribution in [1.29, 1.82) is 0 Å². The van der Waals surface area contributed by atoms with Crippen molar-refractivity contribution in [1.82, 2.24) is 4.98 Å². The predicted octanol–water partition coefficient (Wildman–Crippen LogP) is 2.18. The number of aryl methyl sites for hydroxylation is 1. The second-order valence-electron chi connectivity index (χ2n) is 3.00. The quantitative estimate of drug-likeness (QED) is 0.841. The van der Waals surface area contributed by atoms with Crippen LogP contribution >= 0.6 is 0 Å². The monoisotopic (exact) mass is 208 g/mol. The fourth-order valence-corrected chi connectivity index (χ4v) is 1.23. The van der Waals surface area contributed by atoms with Gasteiger partial charge >= 0.3 is 0 Å². The van der Waals surface area contributed by atoms with E-state index in [4.69, 9.17) is 16.4 Å². The van der Waals surface area contributed by atoms with E-state index in [1.54, 1.807) is 6.92 Å². The minimum Gasteiger partial charge on any atom is -0.441 e. The summed E-state index contributed by atoms with van der Waals surface area (Å²) in [7, 11) is 0. The summed E-state index contributed by atoms with van der Waals surface area (Å²) in [6.07, 6.45) is 0.286. The van der Waals surface area contributed by atoms with E-state index in [0.29, 0.717) is 11.5 Å². The second kappa shape index (κ2) is 4.28. The van der Waals surface area contributed by atoms with E-state index >= 15 is 0 Å². The molecule has 0 aliphatic carbocycles. The molecular formula is C12H13NO2. The van der Waals surface area contributed by atoms with Crippen molar-refractivity contribution in [3.8, 4) is 11.5 Å². The Balaban J connectivity index is 2.67. The van der Waals surface area contributed by atoms with Crippen LogP contribution in [-0.4, -0.2) is 16.7 Å². The Bertz CT molecular complexity index is 639. The Hall–Kier alpha value is -1.61. The van der Waals surface area contributed by atoms with E-state index in [0.717, 1.165) is 0 Å². The van der Waals surface area contributed by atoms with E-state index in [-0.39, 0.29) is 36.6 Å². The third-order valence-electron chi connectivity index (χ3n) is 1.96. The van der Waals surface area contributed by atoms with Crippen molar-refractivity contribution in [3.05, 3.63) is 41.7 Å². The molecule has 1 aromatic carbocycles. The van der Waals surface area contributed by atoms with Crippen molar-refractivity contribution < 1.29 is 16.4 Å². The van der Waals surface area contributed by atoms with Gasteiger partial charge in [-0.05, 0) is 19.0 Å². The highest BCUT2D eigenvalue weighted by Crippen LogP contribution is 2.21. The number of hydrogen-bond acceptors (Lipinski definition) is 3. The van der Waals surface area contributed by atoms with Gasteiger partial charge in [-0.1, -0.05) is 18.1 Å². The summed E-state index contributed by atoms with van der Waals surface area (Å²) in [5.41, 5.74) is 0.442. The maximum atomic E-state index is 8.92. The minimum atomic E-state index is -0.456. The predicted molar refractivity (Wildman–Crippen MR) is 57.5 cm³/mol. The topological polar surface area (TPSA) is 46.3 Å². The first-order valence-corrected chi connectivity index (χ1v) is 4.53. The lowest BCUT2D eigenvalue weighted by Gasteiger charge is -1.92. The SMILES string of the molecule is [2H]c1c([2H])c([2H])c(-c2nc(CCO)c(C)o2)c([2H])c1[2H]. The average molecular weight is 208 g/mol. The van der Waals surface area contributed by atoms with Crippen LogP contribution in [0.25, 0.3) is 11.5 Å². The molecule has 0 amide bonds. The highest BCUT2D eigenvalue weighted by Gasteiger charge is 2.09. The molecule has 1 aromatic heterocycles. The molecule has 15 heavy (non-hydrogen) atoms. The minimum absolute atomic E-state index is 0.0250. The van der Waals surface area contributed by atoms with Crippen molar-refractivity contribution in [2.45, 2.75) is 13.3 Å². The van der Waals surface area contributed by atoms with Gasteiger partial charge in [0.15, 0.2) is 0 Å². The maximum Gasteiger partial charge on any atom is 0.226 e. The van der Waals surface area contributed by atoms with Crippen molar-refractivity contribution in [2.75, 3.05) is 6.61 Å². The van der Waals surface area contributed by atoms with Gasteiger partial charge in [0.1, 0.15) is 5.76 Å². The summed E-state index contributed by atoms with van der Waals surface area (Å²) in [6.45, 7) is 1.55. The molecule has 0 saturated heterocycles. The van der Waals surface area contributed by atoms with E-state index in [1.807, 2.05) is 0 Å². The van der Waals surface area contributed by atoms with Crippen LogP contribution in [0.15, 0.2) is 34.6 Å². The summed E-state index contributed by atoms with van der Waals surface area (Å²) in [5.74, 6) is 0.434. The van der Waals surface area contributed by atoms with Crippen molar-refractivity contribution in [2.24, 2.45) is 0 Å². The third-order valence-corrected chi connectivity index (χ3v) is 1.96. The number of aromatic nitrogens is 1. The Morgan fingerprint density at radius 1 is 1.40 bits per heavy atom. The van der Waals surface area contributed by atoms with Crippen LogP contribution in [0.2, 0.25) is 0 Å². The molecule has 0 aliphatic heterocycles. The molecule has 0 spiro atoms. The Kier molecular flexibility index (Phi) is 1.56. The number of aliphatic hydroxyl groups is 1. The number of aliphatic hydroxyl groups excluding tert-OH is 1. The van der Waals surface area contributed by atoms with E-state index in [2.05, 4.69) is 4.98 Å². The number of oxazole rings is 1. The van der Waals surface area contributed by atoms with Crippen LogP contribution < -0.4 is 0 Å². The molecule has 3 nitrogen and oxygen atoms in total. The molecule has 0 atom stereocenters. The van der Waals surface area contributed by atoms with Crippen LogP contribution in [0.4, 0.5) is 0 Å². The summed E-state index contributed by atoms with van der Waals surface area (Å²) in [4.78, 5) is 4.11. The summed E-state index contributed by atoms with van der Waals surface area (Å²) >= 11 is 0. The van der Waals surface area contributed by atoms with Crippen LogP contribution in [0.5, 0.6) is 0 Å². The number of nitrogens with zero attached hydrogens (tertiary/aromatic N) is 1. The highest BCUT2D eigenvalue weighted by molar-refractivity contribution is 5.53. The Morgan fingerprint density at radius 3 is 2.80 bits per heavy atom. The smallest absolute Gasteiger partial charge is 0.226 e. The molecule has 2 aromatic rings. The molecule has 0 saturated carbocycles. The van der Waals surface area contributed by atoms with E-state index in [9.17, 15) is 0 Å². The Morgan fingerprint density at radius 2 is 2.13 bits per heavy atom. The first kappa shape index (κ1) is 5.47. The van der Waals surface area contributed by atoms with Crippen LogP contribution in [-0.2, 0) is 6.42 Å². The van der Waals surface area contributed by atoms with Gasteiger partial charge in [0.25, 0.3) is 0 Å². The van der Waals surface area contributed by atoms with Gasteiger partial charge in [-0.3, -0.25) is 0 Å². The molecular weight excluding hydrogens is 190 g/mol. The molecule has 1 N–H and O–H groups in total. The average Bonchev–Trinajstić information content (AvgIpc) is 2.76. The standard InChI is InChI=1S/C12H13NO2/c1-9-11(7-8-14)13-12(15-9)10-5-3-2-4-6-10/h2-6,14H,7-8H2,1H3/i2D,3D,4D,5D,6D. The fraction of sp³-hybridized carbons (Fsp3) is 0.250. The number of benzene rings is 1. The van der Waals surface area contributed by atoms with Gasteiger partial charge < -0.3 is 9.52 Å². The molecule has 0 bridgehead atoms. The lowest BCUT2D eigenvalue weighted by Crippen LogP contribution is -1.92. The number of rotatable bonds is 3. The van der Waals surface area contributed by atoms with Gasteiger partial charge in [0.05, 0.1) is 12.5 Å². The number of hydrogen-bond donors (Lipinski definition) is 1. The van der Waals surface area contributed by atoms with Crippen LogP contribution in [0.3, 0.4) is 0 Å². The molecule has 0 fully saturated rings. The summed E-state index contributed by atoms with van der Waals surface area (Å²) < 4.78 is 43.8. The summed E-state index contributed by atoms with van der Waals surface area (Å²) in [5, 5.41) is 8.92. The molecule has 1 heterocycles. The summed E-state index contributed by atoms with van der Waals surface area (Å²) in [6, 6.07) is -2.02. The molecule has 0 radical (unpaired) electrons. The molecule has 0 aliphatic rings.